The summed E-state index contributed by atoms with van der Waals surface area (Å²) in [6.07, 6.45) is 9.16. The first-order valence-electron chi connectivity index (χ1n) is 10.6. The molecule has 2 aromatic rings. The summed E-state index contributed by atoms with van der Waals surface area (Å²) in [6, 6.07) is 10.7. The summed E-state index contributed by atoms with van der Waals surface area (Å²) in [5.74, 6) is -0.189. The number of carbonyl (C=O) groups excluding carboxylic acids is 3. The number of rotatable bonds is 6. The molecule has 0 bridgehead atoms. The van der Waals surface area contributed by atoms with Gasteiger partial charge in [0.15, 0.2) is 5.54 Å². The van der Waals surface area contributed by atoms with E-state index in [0.29, 0.717) is 12.5 Å². The normalized spacial score (nSPS) is 22.5. The van der Waals surface area contributed by atoms with Gasteiger partial charge in [-0.2, -0.15) is 0 Å². The molecule has 4 amide bonds. The molecule has 31 heavy (non-hydrogen) atoms. The Morgan fingerprint density at radius 1 is 1.26 bits per heavy atom. The average Bonchev–Trinajstić information content (AvgIpc) is 3.54. The van der Waals surface area contributed by atoms with Gasteiger partial charge < -0.3 is 10.2 Å². The lowest BCUT2D eigenvalue weighted by molar-refractivity contribution is -0.140. The SMILES string of the molecule is CC(C1CC1)N(Cc1cccnc1)C(=O)CN1C(=O)NC2(C=Cc3ccccc32)C1=O. The molecular weight excluding hydrogens is 392 g/mol. The smallest absolute Gasteiger partial charge is 0.326 e. The fourth-order valence-corrected chi connectivity index (χ4v) is 4.55. The Hall–Kier alpha value is -3.48. The van der Waals surface area contributed by atoms with Crippen molar-refractivity contribution in [2.45, 2.75) is 37.9 Å². The van der Waals surface area contributed by atoms with E-state index in [2.05, 4.69) is 10.3 Å². The number of carbonyl (C=O) groups is 3. The molecule has 7 nitrogen and oxygen atoms in total. The number of hydrogen-bond acceptors (Lipinski definition) is 4. The van der Waals surface area contributed by atoms with Crippen LogP contribution in [-0.4, -0.2) is 45.2 Å². The summed E-state index contributed by atoms with van der Waals surface area (Å²) < 4.78 is 0. The molecule has 1 saturated heterocycles. The fraction of sp³-hybridized carbons (Fsp3) is 0.333. The van der Waals surface area contributed by atoms with E-state index >= 15 is 0 Å². The molecule has 1 N–H and O–H groups in total. The number of benzene rings is 1. The van der Waals surface area contributed by atoms with Crippen molar-refractivity contribution in [1.82, 2.24) is 20.1 Å². The summed E-state index contributed by atoms with van der Waals surface area (Å²) in [4.78, 5) is 46.4. The third-order valence-electron chi connectivity index (χ3n) is 6.52. The van der Waals surface area contributed by atoms with E-state index in [0.717, 1.165) is 34.4 Å². The molecule has 0 radical (unpaired) electrons. The Labute approximate surface area is 180 Å². The number of amides is 4. The standard InChI is InChI=1S/C24H24N4O3/c1-16(18-8-9-18)27(14-17-5-4-12-25-13-17)21(29)15-28-22(30)24(26-23(28)31)11-10-19-6-2-3-7-20(19)24/h2-7,10-13,16,18H,8-9,14-15H2,1H3,(H,26,31). The van der Waals surface area contributed by atoms with Gasteiger partial charge in [-0.05, 0) is 54.5 Å². The van der Waals surface area contributed by atoms with Crippen molar-refractivity contribution < 1.29 is 14.4 Å². The lowest BCUT2D eigenvalue weighted by Gasteiger charge is -2.31. The molecule has 1 aliphatic heterocycles. The van der Waals surface area contributed by atoms with Gasteiger partial charge >= 0.3 is 6.03 Å². The zero-order valence-corrected chi connectivity index (χ0v) is 17.3. The lowest BCUT2D eigenvalue weighted by Crippen LogP contribution is -2.47. The molecule has 2 fully saturated rings. The summed E-state index contributed by atoms with van der Waals surface area (Å²) in [6.45, 7) is 2.16. The Balaban J connectivity index is 1.38. The number of aromatic nitrogens is 1. The third-order valence-corrected chi connectivity index (χ3v) is 6.52. The molecule has 2 heterocycles. The average molecular weight is 416 g/mol. The van der Waals surface area contributed by atoms with Crippen molar-refractivity contribution in [2.24, 2.45) is 5.92 Å². The highest BCUT2D eigenvalue weighted by Gasteiger charge is 2.54. The molecule has 2 unspecified atom stereocenters. The predicted molar refractivity (Wildman–Crippen MR) is 114 cm³/mol. The molecular formula is C24H24N4O3. The van der Waals surface area contributed by atoms with Crippen molar-refractivity contribution in [3.8, 4) is 0 Å². The van der Waals surface area contributed by atoms with Crippen LogP contribution in [0.15, 0.2) is 54.9 Å². The van der Waals surface area contributed by atoms with Gasteiger partial charge in [0.1, 0.15) is 6.54 Å². The number of nitrogens with zero attached hydrogens (tertiary/aromatic N) is 3. The van der Waals surface area contributed by atoms with Crippen LogP contribution in [-0.2, 0) is 21.7 Å². The van der Waals surface area contributed by atoms with Crippen LogP contribution in [0.4, 0.5) is 4.79 Å². The highest BCUT2D eigenvalue weighted by molar-refractivity contribution is 6.12. The maximum atomic E-state index is 13.3. The number of urea groups is 1. The maximum absolute atomic E-state index is 13.3. The third kappa shape index (κ3) is 3.30. The first-order valence-corrected chi connectivity index (χ1v) is 10.6. The van der Waals surface area contributed by atoms with Gasteiger partial charge in [0.2, 0.25) is 5.91 Å². The van der Waals surface area contributed by atoms with Gasteiger partial charge in [0.05, 0.1) is 0 Å². The first-order chi connectivity index (χ1) is 15.0. The van der Waals surface area contributed by atoms with Crippen LogP contribution < -0.4 is 5.32 Å². The topological polar surface area (TPSA) is 82.6 Å². The number of fused-ring (bicyclic) bond motifs is 2. The summed E-state index contributed by atoms with van der Waals surface area (Å²) in [5.41, 5.74) is 1.33. The Bertz CT molecular complexity index is 1080. The first kappa shape index (κ1) is 19.5. The van der Waals surface area contributed by atoms with Gasteiger partial charge in [-0.3, -0.25) is 19.5 Å². The zero-order valence-electron chi connectivity index (χ0n) is 17.3. The zero-order chi connectivity index (χ0) is 21.6. The van der Waals surface area contributed by atoms with E-state index in [1.54, 1.807) is 23.4 Å². The number of hydrogen-bond donors (Lipinski definition) is 1. The second-order valence-corrected chi connectivity index (χ2v) is 8.51. The molecule has 5 rings (SSSR count). The molecule has 1 aromatic carbocycles. The van der Waals surface area contributed by atoms with Crippen LogP contribution in [0.2, 0.25) is 0 Å². The van der Waals surface area contributed by atoms with Gasteiger partial charge in [0.25, 0.3) is 5.91 Å². The van der Waals surface area contributed by atoms with Crippen LogP contribution in [0.25, 0.3) is 6.08 Å². The van der Waals surface area contributed by atoms with Gasteiger partial charge in [-0.25, -0.2) is 4.79 Å². The van der Waals surface area contributed by atoms with Gasteiger partial charge in [-0.1, -0.05) is 36.4 Å². The lowest BCUT2D eigenvalue weighted by atomic mass is 9.92. The Morgan fingerprint density at radius 3 is 2.81 bits per heavy atom. The van der Waals surface area contributed by atoms with E-state index in [-0.39, 0.29) is 18.5 Å². The Kier molecular flexibility index (Phi) is 4.61. The van der Waals surface area contributed by atoms with E-state index in [4.69, 9.17) is 0 Å². The van der Waals surface area contributed by atoms with E-state index in [1.807, 2.05) is 49.4 Å². The minimum absolute atomic E-state index is 0.0366. The molecule has 1 spiro atoms. The predicted octanol–water partition coefficient (Wildman–Crippen LogP) is 2.68. The fourth-order valence-electron chi connectivity index (χ4n) is 4.55. The summed E-state index contributed by atoms with van der Waals surface area (Å²) in [7, 11) is 0. The van der Waals surface area contributed by atoms with Crippen molar-refractivity contribution in [3.63, 3.8) is 0 Å². The maximum Gasteiger partial charge on any atom is 0.326 e. The van der Waals surface area contributed by atoms with E-state index in [9.17, 15) is 14.4 Å². The monoisotopic (exact) mass is 416 g/mol. The van der Waals surface area contributed by atoms with Gasteiger partial charge in [-0.15, -0.1) is 0 Å². The molecule has 158 valence electrons. The minimum atomic E-state index is -1.22. The minimum Gasteiger partial charge on any atom is -0.334 e. The molecule has 1 aromatic heterocycles. The van der Waals surface area contributed by atoms with Crippen LogP contribution >= 0.6 is 0 Å². The van der Waals surface area contributed by atoms with Crippen molar-refractivity contribution in [3.05, 3.63) is 71.6 Å². The largest absolute Gasteiger partial charge is 0.334 e. The molecule has 1 saturated carbocycles. The van der Waals surface area contributed by atoms with Crippen molar-refractivity contribution in [1.29, 1.82) is 0 Å². The van der Waals surface area contributed by atoms with Crippen LogP contribution in [0.3, 0.4) is 0 Å². The molecule has 2 atom stereocenters. The van der Waals surface area contributed by atoms with E-state index in [1.165, 1.54) is 0 Å². The second kappa shape index (κ2) is 7.34. The highest BCUT2D eigenvalue weighted by Crippen LogP contribution is 2.39. The van der Waals surface area contributed by atoms with E-state index < -0.39 is 17.5 Å². The highest BCUT2D eigenvalue weighted by atomic mass is 16.2. The molecule has 2 aliphatic carbocycles. The van der Waals surface area contributed by atoms with Crippen LogP contribution in [0.5, 0.6) is 0 Å². The number of pyridine rings is 1. The van der Waals surface area contributed by atoms with Gasteiger partial charge in [0, 0.05) is 25.0 Å². The number of imide groups is 1. The summed E-state index contributed by atoms with van der Waals surface area (Å²) in [5, 5.41) is 2.81. The second-order valence-electron chi connectivity index (χ2n) is 8.51. The summed E-state index contributed by atoms with van der Waals surface area (Å²) >= 11 is 0. The van der Waals surface area contributed by atoms with Crippen LogP contribution in [0, 0.1) is 5.92 Å². The molecule has 7 heteroatoms. The van der Waals surface area contributed by atoms with Crippen molar-refractivity contribution >= 4 is 23.9 Å². The quantitative estimate of drug-likeness (QED) is 0.734. The van der Waals surface area contributed by atoms with Crippen molar-refractivity contribution in [2.75, 3.05) is 6.54 Å². The number of nitrogens with one attached hydrogen (secondary N) is 1. The van der Waals surface area contributed by atoms with Crippen LogP contribution in [0.1, 0.15) is 36.5 Å². The molecule has 3 aliphatic rings. The Morgan fingerprint density at radius 2 is 2.06 bits per heavy atom.